The van der Waals surface area contributed by atoms with Crippen LogP contribution in [0.5, 0.6) is 0 Å². The summed E-state index contributed by atoms with van der Waals surface area (Å²) < 4.78 is 0. The van der Waals surface area contributed by atoms with E-state index in [1.807, 2.05) is 0 Å². The molecular weight excluding hydrogens is 438 g/mol. The van der Waals surface area contributed by atoms with Crippen molar-refractivity contribution in [3.63, 3.8) is 0 Å². The van der Waals surface area contributed by atoms with Crippen molar-refractivity contribution >= 4 is 60.0 Å². The van der Waals surface area contributed by atoms with Gasteiger partial charge in [-0.2, -0.15) is 0 Å². The molecule has 0 aliphatic carbocycles. The minimum atomic E-state index is -1.31. The summed E-state index contributed by atoms with van der Waals surface area (Å²) in [5, 5.41) is 17.8. The van der Waals surface area contributed by atoms with Crippen LogP contribution in [0.3, 0.4) is 0 Å². The maximum absolute atomic E-state index is 5.92. The van der Waals surface area contributed by atoms with Gasteiger partial charge in [0.05, 0.1) is 0 Å². The maximum atomic E-state index is 5.92. The first-order chi connectivity index (χ1) is 12.8. The lowest BCUT2D eigenvalue weighted by Gasteiger charge is -2.48. The van der Waals surface area contributed by atoms with Gasteiger partial charge in [0.1, 0.15) is 35.8 Å². The van der Waals surface area contributed by atoms with E-state index in [-0.39, 0.29) is 0 Å². The van der Waals surface area contributed by atoms with Crippen LogP contribution in [0.2, 0.25) is 91.9 Å². The van der Waals surface area contributed by atoms with Gasteiger partial charge in [0.15, 0.2) is 0 Å². The predicted octanol–water partition coefficient (Wildman–Crippen LogP) is 4.38. The van der Waals surface area contributed by atoms with Crippen LogP contribution in [-0.4, -0.2) is 60.0 Å². The molecule has 0 amide bonds. The normalized spacial score (nSPS) is 16.7. The molecule has 3 nitrogen and oxygen atoms in total. The lowest BCUT2D eigenvalue weighted by atomic mass is 9.42. The molecule has 0 aliphatic heterocycles. The van der Waals surface area contributed by atoms with Gasteiger partial charge in [-0.1, -0.05) is 94.5 Å². The molecule has 3 unspecified atom stereocenters. The summed E-state index contributed by atoms with van der Waals surface area (Å²) in [4.78, 5) is 0. The lowest BCUT2D eigenvalue weighted by Crippen LogP contribution is -2.54. The van der Waals surface area contributed by atoms with Crippen molar-refractivity contribution in [2.45, 2.75) is 113 Å². The summed E-state index contributed by atoms with van der Waals surface area (Å²) >= 11 is 0. The summed E-state index contributed by atoms with van der Waals surface area (Å²) in [6, 6.07) is 7.84. The molecule has 0 heterocycles. The van der Waals surface area contributed by atoms with Gasteiger partial charge in [-0.3, -0.25) is 0 Å². The zero-order valence-corrected chi connectivity index (χ0v) is 26.3. The lowest BCUT2D eigenvalue weighted by molar-refractivity contribution is 1.00. The van der Waals surface area contributed by atoms with Crippen molar-refractivity contribution in [3.8, 4) is 0 Å². The predicted molar refractivity (Wildman–Crippen MR) is 145 cm³/mol. The fourth-order valence-corrected chi connectivity index (χ4v) is 21.0. The SMILES string of the molecule is CC(B(C(C)[Si](C)(C)CC[Si]N)C(C)[Si](C)(C)CC[Si]N)[Si](C)(C)CC[Si]N. The third-order valence-corrected chi connectivity index (χ3v) is 24.5. The molecule has 0 rings (SSSR count). The average molecular weight is 486 g/mol. The standard InChI is InChI=1S/C18H48BN3Si6/c1-16(26(4,5)13-10-23-20)19(17(2)27(6,7)14-11-24-21)18(3)28(8,9)15-12-25-22/h16-18H,10-15,20-22H2,1-9H3. The highest BCUT2D eigenvalue weighted by Crippen LogP contribution is 2.47. The van der Waals surface area contributed by atoms with Crippen LogP contribution in [0, 0.1) is 0 Å². The minimum absolute atomic E-state index is 0.611. The molecule has 0 bridgehead atoms. The Hall–Kier alpha value is 1.25. The van der Waals surface area contributed by atoms with Crippen LogP contribution in [0.4, 0.5) is 0 Å². The van der Waals surface area contributed by atoms with Crippen molar-refractivity contribution < 1.29 is 0 Å². The zero-order chi connectivity index (χ0) is 22.2. The molecule has 6 N–H and O–H groups in total. The molecule has 0 saturated heterocycles. The average Bonchev–Trinajstić information content (AvgIpc) is 2.62. The Morgan fingerprint density at radius 1 is 0.571 bits per heavy atom. The van der Waals surface area contributed by atoms with Crippen LogP contribution in [0.15, 0.2) is 0 Å². The molecule has 10 heteroatoms. The van der Waals surface area contributed by atoms with Crippen molar-refractivity contribution in [1.82, 2.24) is 0 Å². The molecular formula is C18H48BN3Si6. The second kappa shape index (κ2) is 12.9. The Kier molecular flexibility index (Phi) is 13.5. The number of hydrogen-bond donors (Lipinski definition) is 3. The second-order valence-corrected chi connectivity index (χ2v) is 29.9. The van der Waals surface area contributed by atoms with Crippen LogP contribution < -0.4 is 16.2 Å². The van der Waals surface area contributed by atoms with Gasteiger partial charge in [0.25, 0.3) is 0 Å². The highest BCUT2D eigenvalue weighted by Gasteiger charge is 2.49. The molecule has 28 heavy (non-hydrogen) atoms. The maximum Gasteiger partial charge on any atom is 0.140 e. The van der Waals surface area contributed by atoms with Crippen LogP contribution in [0.25, 0.3) is 0 Å². The van der Waals surface area contributed by atoms with E-state index in [1.165, 1.54) is 36.3 Å². The summed E-state index contributed by atoms with van der Waals surface area (Å²) in [5.74, 6) is 0. The van der Waals surface area contributed by atoms with Crippen LogP contribution >= 0.6 is 0 Å². The van der Waals surface area contributed by atoms with Crippen LogP contribution in [-0.2, 0) is 0 Å². The Morgan fingerprint density at radius 2 is 0.786 bits per heavy atom. The number of rotatable bonds is 15. The number of nitrogens with two attached hydrogens (primary N) is 3. The van der Waals surface area contributed by atoms with Crippen molar-refractivity contribution in [1.29, 1.82) is 0 Å². The van der Waals surface area contributed by atoms with Gasteiger partial charge >= 0.3 is 0 Å². The van der Waals surface area contributed by atoms with E-state index in [1.54, 1.807) is 0 Å². The molecule has 3 atom stereocenters. The summed E-state index contributed by atoms with van der Waals surface area (Å²) in [6.45, 7) is 24.5. The molecule has 0 aliphatic rings. The molecule has 6 radical (unpaired) electrons. The molecule has 0 aromatic heterocycles. The molecule has 0 fully saturated rings. The summed E-state index contributed by atoms with van der Waals surface area (Å²) in [5.41, 5.74) is 2.56. The molecule has 162 valence electrons. The largest absolute Gasteiger partial charge is 0.353 e. The van der Waals surface area contributed by atoms with Crippen molar-refractivity contribution in [2.75, 3.05) is 0 Å². The van der Waals surface area contributed by atoms with Crippen LogP contribution in [0.1, 0.15) is 20.8 Å². The van der Waals surface area contributed by atoms with Gasteiger partial charge in [0, 0.05) is 24.2 Å². The molecule has 0 saturated carbocycles. The topological polar surface area (TPSA) is 78.1 Å². The van der Waals surface area contributed by atoms with E-state index >= 15 is 0 Å². The fraction of sp³-hybridized carbons (Fsp3) is 1.00. The van der Waals surface area contributed by atoms with Gasteiger partial charge in [-0.05, 0) is 18.1 Å². The van der Waals surface area contributed by atoms with E-state index in [9.17, 15) is 0 Å². The Labute approximate surface area is 188 Å². The molecule has 0 aromatic carbocycles. The van der Waals surface area contributed by atoms with E-state index in [0.717, 1.165) is 23.0 Å². The zero-order valence-electron chi connectivity index (χ0n) is 20.3. The van der Waals surface area contributed by atoms with Crippen molar-refractivity contribution in [2.24, 2.45) is 16.2 Å². The van der Waals surface area contributed by atoms with Gasteiger partial charge in [-0.15, -0.1) is 0 Å². The monoisotopic (exact) mass is 485 g/mol. The van der Waals surface area contributed by atoms with Crippen molar-refractivity contribution in [3.05, 3.63) is 0 Å². The minimum Gasteiger partial charge on any atom is -0.353 e. The highest BCUT2D eigenvalue weighted by atomic mass is 28.3. The first-order valence-corrected chi connectivity index (χ1v) is 24.8. The van der Waals surface area contributed by atoms with Gasteiger partial charge < -0.3 is 16.2 Å². The smallest absolute Gasteiger partial charge is 0.140 e. The number of hydrogen-bond acceptors (Lipinski definition) is 3. The Bertz CT molecular complexity index is 378. The van der Waals surface area contributed by atoms with E-state index < -0.39 is 24.2 Å². The third-order valence-electron chi connectivity index (χ3n) is 8.17. The second-order valence-electron chi connectivity index (χ2n) is 11.0. The quantitative estimate of drug-likeness (QED) is 0.301. The fourth-order valence-electron chi connectivity index (χ4n) is 4.73. The highest BCUT2D eigenvalue weighted by molar-refractivity contribution is 7.04. The Balaban J connectivity index is 5.88. The van der Waals surface area contributed by atoms with E-state index in [0.29, 0.717) is 29.0 Å². The van der Waals surface area contributed by atoms with Gasteiger partial charge in [-0.25, -0.2) is 0 Å². The Morgan fingerprint density at radius 3 is 0.964 bits per heavy atom. The molecule has 0 aromatic rings. The first kappa shape index (κ1) is 29.2. The van der Waals surface area contributed by atoms with Gasteiger partial charge in [0.2, 0.25) is 0 Å². The van der Waals surface area contributed by atoms with E-state index in [4.69, 9.17) is 16.2 Å². The van der Waals surface area contributed by atoms with E-state index in [2.05, 4.69) is 60.1 Å². The third kappa shape index (κ3) is 8.78. The first-order valence-electron chi connectivity index (χ1n) is 11.1. The summed E-state index contributed by atoms with van der Waals surface area (Å²) in [6.07, 6.45) is 0. The summed E-state index contributed by atoms with van der Waals surface area (Å²) in [7, 11) is -2.10. The molecule has 0 spiro atoms.